The summed E-state index contributed by atoms with van der Waals surface area (Å²) in [5.41, 5.74) is 1.49. The van der Waals surface area contributed by atoms with Gasteiger partial charge >= 0.3 is 5.97 Å². The van der Waals surface area contributed by atoms with Crippen LogP contribution in [0, 0.1) is 19.7 Å². The number of ether oxygens (including phenoxy) is 2. The summed E-state index contributed by atoms with van der Waals surface area (Å²) in [4.78, 5) is 31.1. The smallest absolute Gasteiger partial charge is 0.343 e. The molecule has 32 heavy (non-hydrogen) atoms. The molecule has 0 amide bonds. The highest BCUT2D eigenvalue weighted by atomic mass is 32.1. The van der Waals surface area contributed by atoms with Crippen LogP contribution in [0.1, 0.15) is 26.4 Å². The van der Waals surface area contributed by atoms with Crippen molar-refractivity contribution in [3.63, 3.8) is 0 Å². The number of carbonyl (C=O) groups excluding carboxylic acids is 1. The molecule has 0 fully saturated rings. The van der Waals surface area contributed by atoms with E-state index in [2.05, 4.69) is 10.1 Å². The highest BCUT2D eigenvalue weighted by molar-refractivity contribution is 7.18. The van der Waals surface area contributed by atoms with Crippen LogP contribution in [0.15, 0.2) is 58.7 Å². The van der Waals surface area contributed by atoms with Gasteiger partial charge in [-0.25, -0.2) is 14.2 Å². The van der Waals surface area contributed by atoms with E-state index in [4.69, 9.17) is 9.47 Å². The van der Waals surface area contributed by atoms with Crippen LogP contribution in [0.4, 0.5) is 4.39 Å². The van der Waals surface area contributed by atoms with Crippen LogP contribution in [0.25, 0.3) is 10.2 Å². The lowest BCUT2D eigenvalue weighted by Gasteiger charge is -2.10. The zero-order valence-electron chi connectivity index (χ0n) is 17.5. The van der Waals surface area contributed by atoms with Crippen molar-refractivity contribution in [3.05, 3.63) is 86.5 Å². The number of hydrogen-bond acceptors (Lipinski definition) is 7. The number of aryl methyl sites for hydroxylation is 2. The van der Waals surface area contributed by atoms with E-state index in [0.29, 0.717) is 21.5 Å². The number of rotatable bonds is 5. The highest BCUT2D eigenvalue weighted by Crippen LogP contribution is 2.29. The largest absolute Gasteiger partial charge is 0.493 e. The lowest BCUT2D eigenvalue weighted by molar-refractivity contribution is 0.0729. The van der Waals surface area contributed by atoms with Gasteiger partial charge in [-0.15, -0.1) is 11.3 Å². The van der Waals surface area contributed by atoms with Crippen molar-refractivity contribution in [3.8, 4) is 11.5 Å². The van der Waals surface area contributed by atoms with Gasteiger partial charge in [0.15, 0.2) is 11.5 Å². The van der Waals surface area contributed by atoms with Crippen LogP contribution in [0.2, 0.25) is 0 Å². The maximum atomic E-state index is 13.0. The van der Waals surface area contributed by atoms with E-state index in [-0.39, 0.29) is 16.9 Å². The van der Waals surface area contributed by atoms with Crippen LogP contribution in [0.5, 0.6) is 11.5 Å². The second-order valence-corrected chi connectivity index (χ2v) is 8.11. The number of esters is 1. The van der Waals surface area contributed by atoms with Gasteiger partial charge in [-0.3, -0.25) is 4.79 Å². The van der Waals surface area contributed by atoms with Gasteiger partial charge in [0.2, 0.25) is 0 Å². The van der Waals surface area contributed by atoms with Crippen molar-refractivity contribution in [1.82, 2.24) is 9.66 Å². The van der Waals surface area contributed by atoms with E-state index in [1.54, 1.807) is 18.2 Å². The van der Waals surface area contributed by atoms with Crippen molar-refractivity contribution in [2.24, 2.45) is 5.10 Å². The van der Waals surface area contributed by atoms with Crippen molar-refractivity contribution < 1.29 is 18.7 Å². The van der Waals surface area contributed by atoms with Crippen molar-refractivity contribution in [2.75, 3.05) is 7.11 Å². The van der Waals surface area contributed by atoms with Crippen molar-refractivity contribution in [2.45, 2.75) is 13.8 Å². The Kier molecular flexibility index (Phi) is 5.83. The minimum absolute atomic E-state index is 0.198. The normalized spacial score (nSPS) is 11.2. The fourth-order valence-corrected chi connectivity index (χ4v) is 4.02. The molecule has 0 aliphatic carbocycles. The average molecular weight is 451 g/mol. The minimum Gasteiger partial charge on any atom is -0.493 e. The SMILES string of the molecule is COc1cc(/C=N/n2cnc3sc(C)c(C)c3c2=O)ccc1OC(=O)c1ccc(F)cc1. The predicted octanol–water partition coefficient (Wildman–Crippen LogP) is 4.32. The minimum atomic E-state index is -0.642. The first kappa shape index (κ1) is 21.4. The number of benzene rings is 2. The lowest BCUT2D eigenvalue weighted by Crippen LogP contribution is -2.17. The number of halogens is 1. The van der Waals surface area contributed by atoms with Gasteiger partial charge in [-0.05, 0) is 67.4 Å². The number of aromatic nitrogens is 2. The Hall–Kier alpha value is -3.85. The number of nitrogens with zero attached hydrogens (tertiary/aromatic N) is 3. The first-order valence-electron chi connectivity index (χ1n) is 9.55. The summed E-state index contributed by atoms with van der Waals surface area (Å²) in [5.74, 6) is -0.587. The van der Waals surface area contributed by atoms with Crippen molar-refractivity contribution in [1.29, 1.82) is 0 Å². The molecule has 4 aromatic rings. The quantitative estimate of drug-likeness (QED) is 0.256. The van der Waals surface area contributed by atoms with Gasteiger partial charge in [0.25, 0.3) is 5.56 Å². The second-order valence-electron chi connectivity index (χ2n) is 6.91. The molecular formula is C23H18FN3O4S. The number of methoxy groups -OCH3 is 1. The van der Waals surface area contributed by atoms with E-state index < -0.39 is 11.8 Å². The molecule has 0 aliphatic heterocycles. The molecule has 7 nitrogen and oxygen atoms in total. The molecule has 0 saturated heterocycles. The molecule has 2 aromatic carbocycles. The molecule has 0 atom stereocenters. The molecule has 2 heterocycles. The third-order valence-corrected chi connectivity index (χ3v) is 5.99. The van der Waals surface area contributed by atoms with Gasteiger partial charge in [-0.1, -0.05) is 0 Å². The summed E-state index contributed by atoms with van der Waals surface area (Å²) < 4.78 is 24.9. The Morgan fingerprint density at radius 3 is 2.62 bits per heavy atom. The molecule has 0 unspecified atom stereocenters. The van der Waals surface area contributed by atoms with Gasteiger partial charge in [0.05, 0.1) is 24.3 Å². The van der Waals surface area contributed by atoms with E-state index in [1.165, 1.54) is 59.9 Å². The number of fused-ring (bicyclic) bond motifs is 1. The zero-order valence-corrected chi connectivity index (χ0v) is 18.3. The highest BCUT2D eigenvalue weighted by Gasteiger charge is 2.14. The van der Waals surface area contributed by atoms with Gasteiger partial charge in [0.1, 0.15) is 17.0 Å². The van der Waals surface area contributed by atoms with E-state index >= 15 is 0 Å². The molecule has 0 spiro atoms. The third kappa shape index (κ3) is 4.15. The first-order chi connectivity index (χ1) is 15.4. The summed E-state index contributed by atoms with van der Waals surface area (Å²) in [5, 5.41) is 4.78. The summed E-state index contributed by atoms with van der Waals surface area (Å²) in [6.45, 7) is 3.84. The van der Waals surface area contributed by atoms with Crippen molar-refractivity contribution >= 4 is 33.7 Å². The monoisotopic (exact) mass is 451 g/mol. The second kappa shape index (κ2) is 8.72. The Balaban J connectivity index is 1.58. The number of thiophene rings is 1. The van der Waals surface area contributed by atoms with Gasteiger partial charge < -0.3 is 9.47 Å². The maximum Gasteiger partial charge on any atom is 0.343 e. The first-order valence-corrected chi connectivity index (χ1v) is 10.4. The number of hydrogen-bond donors (Lipinski definition) is 0. The third-order valence-electron chi connectivity index (χ3n) is 4.87. The molecule has 9 heteroatoms. The number of carbonyl (C=O) groups is 1. The van der Waals surface area contributed by atoms with E-state index in [0.717, 1.165) is 10.4 Å². The summed E-state index contributed by atoms with van der Waals surface area (Å²) >= 11 is 1.47. The molecule has 0 bridgehead atoms. The molecule has 0 saturated carbocycles. The van der Waals surface area contributed by atoms with Crippen LogP contribution >= 0.6 is 11.3 Å². The Labute approximate surface area is 186 Å². The Bertz CT molecular complexity index is 1410. The summed E-state index contributed by atoms with van der Waals surface area (Å²) in [6.07, 6.45) is 2.87. The topological polar surface area (TPSA) is 82.8 Å². The maximum absolute atomic E-state index is 13.0. The molecule has 4 rings (SSSR count). The van der Waals surface area contributed by atoms with Crippen LogP contribution < -0.4 is 15.0 Å². The average Bonchev–Trinajstić information content (AvgIpc) is 3.08. The summed E-state index contributed by atoms with van der Waals surface area (Å²) in [7, 11) is 1.44. The van der Waals surface area contributed by atoms with E-state index in [9.17, 15) is 14.0 Å². The van der Waals surface area contributed by atoms with Crippen LogP contribution in [-0.2, 0) is 0 Å². The van der Waals surface area contributed by atoms with Gasteiger partial charge in [0, 0.05) is 4.88 Å². The molecule has 2 aromatic heterocycles. The zero-order chi connectivity index (χ0) is 22.8. The fourth-order valence-electron chi connectivity index (χ4n) is 3.03. The molecule has 0 radical (unpaired) electrons. The van der Waals surface area contributed by atoms with Crippen LogP contribution in [-0.4, -0.2) is 29.0 Å². The van der Waals surface area contributed by atoms with E-state index in [1.807, 2.05) is 13.8 Å². The molecular weight excluding hydrogens is 433 g/mol. The van der Waals surface area contributed by atoms with Crippen LogP contribution in [0.3, 0.4) is 0 Å². The Morgan fingerprint density at radius 1 is 1.16 bits per heavy atom. The lowest BCUT2D eigenvalue weighted by atomic mass is 10.2. The van der Waals surface area contributed by atoms with Gasteiger partial charge in [-0.2, -0.15) is 9.78 Å². The molecule has 162 valence electrons. The standard InChI is InChI=1S/C23H18FN3O4S/c1-13-14(2)32-21-20(13)22(28)27(12-25-21)26-11-15-4-9-18(19(10-15)30-3)31-23(29)16-5-7-17(24)8-6-16/h4-12H,1-3H3/b26-11+. The Morgan fingerprint density at radius 2 is 1.91 bits per heavy atom. The fraction of sp³-hybridized carbons (Fsp3) is 0.130. The molecule has 0 aliphatic rings. The summed E-state index contributed by atoms with van der Waals surface area (Å²) in [6, 6.07) is 9.87. The molecule has 0 N–H and O–H groups in total. The predicted molar refractivity (Wildman–Crippen MR) is 121 cm³/mol.